The van der Waals surface area contributed by atoms with Crippen molar-refractivity contribution in [1.29, 1.82) is 0 Å². The summed E-state index contributed by atoms with van der Waals surface area (Å²) in [5.74, 6) is 1.62. The minimum absolute atomic E-state index is 0.340. The van der Waals surface area contributed by atoms with Gasteiger partial charge in [0.15, 0.2) is 23.0 Å². The van der Waals surface area contributed by atoms with Crippen LogP contribution >= 0.6 is 0 Å². The van der Waals surface area contributed by atoms with Crippen LogP contribution in [0.1, 0.15) is 11.6 Å². The molecule has 1 N–H and O–H groups in total. The average molecular weight is 432 g/mol. The Labute approximate surface area is 179 Å². The number of hydrogen-bond donors (Lipinski definition) is 1. The van der Waals surface area contributed by atoms with Crippen LogP contribution in [0.4, 0.5) is 10.5 Å². The number of hydrogen-bond acceptors (Lipinski definition) is 8. The van der Waals surface area contributed by atoms with E-state index in [4.69, 9.17) is 28.4 Å². The first-order chi connectivity index (χ1) is 14.9. The summed E-state index contributed by atoms with van der Waals surface area (Å²) in [6, 6.07) is 4.82. The van der Waals surface area contributed by atoms with Gasteiger partial charge in [0.05, 0.1) is 48.3 Å². The Morgan fingerprint density at radius 1 is 0.677 bits per heavy atom. The molecule has 1 aliphatic rings. The van der Waals surface area contributed by atoms with Gasteiger partial charge in [-0.05, 0) is 17.7 Å². The van der Waals surface area contributed by atoms with E-state index >= 15 is 0 Å². The molecular weight excluding hydrogens is 408 g/mol. The SMILES string of the molecule is COc1cc(C2C(=O)NC(=O)N2c2cc(OC)c(OC)c(OC)c2)cc(OC)c1OC. The monoisotopic (exact) mass is 432 g/mol. The Balaban J connectivity index is 2.18. The summed E-state index contributed by atoms with van der Waals surface area (Å²) in [6.45, 7) is 0. The van der Waals surface area contributed by atoms with E-state index in [0.717, 1.165) is 0 Å². The van der Waals surface area contributed by atoms with Gasteiger partial charge in [-0.15, -0.1) is 0 Å². The van der Waals surface area contributed by atoms with Gasteiger partial charge >= 0.3 is 6.03 Å². The number of carbonyl (C=O) groups excluding carboxylic acids is 2. The first kappa shape index (κ1) is 21.9. The quantitative estimate of drug-likeness (QED) is 0.635. The molecule has 10 nitrogen and oxygen atoms in total. The number of ether oxygens (including phenoxy) is 6. The van der Waals surface area contributed by atoms with E-state index in [9.17, 15) is 9.59 Å². The third-order valence-electron chi connectivity index (χ3n) is 4.89. The molecular formula is C21H24N2O8. The van der Waals surface area contributed by atoms with Crippen LogP contribution in [-0.4, -0.2) is 54.6 Å². The summed E-state index contributed by atoms with van der Waals surface area (Å²) < 4.78 is 32.2. The molecule has 2 aromatic carbocycles. The van der Waals surface area contributed by atoms with E-state index in [1.54, 1.807) is 24.3 Å². The first-order valence-electron chi connectivity index (χ1n) is 9.17. The van der Waals surface area contributed by atoms with Gasteiger partial charge in [-0.3, -0.25) is 15.0 Å². The lowest BCUT2D eigenvalue weighted by atomic mass is 10.0. The fraction of sp³-hybridized carbons (Fsp3) is 0.333. The molecule has 1 atom stereocenters. The van der Waals surface area contributed by atoms with Crippen molar-refractivity contribution >= 4 is 17.6 Å². The van der Waals surface area contributed by atoms with E-state index in [1.807, 2.05) is 0 Å². The number of nitrogens with zero attached hydrogens (tertiary/aromatic N) is 1. The average Bonchev–Trinajstić information content (AvgIpc) is 3.10. The summed E-state index contributed by atoms with van der Waals surface area (Å²) in [6.07, 6.45) is 0. The van der Waals surface area contributed by atoms with Gasteiger partial charge in [-0.2, -0.15) is 0 Å². The number of nitrogens with one attached hydrogen (secondary N) is 1. The number of benzene rings is 2. The molecule has 0 saturated carbocycles. The lowest BCUT2D eigenvalue weighted by molar-refractivity contribution is -0.119. The maximum atomic E-state index is 12.8. The molecule has 0 aromatic heterocycles. The molecule has 3 rings (SSSR count). The molecule has 0 radical (unpaired) electrons. The smallest absolute Gasteiger partial charge is 0.329 e. The van der Waals surface area contributed by atoms with E-state index in [0.29, 0.717) is 45.7 Å². The van der Waals surface area contributed by atoms with E-state index in [1.165, 1.54) is 47.6 Å². The molecule has 10 heteroatoms. The Hall–Kier alpha value is -3.82. The largest absolute Gasteiger partial charge is 0.493 e. The van der Waals surface area contributed by atoms with Crippen molar-refractivity contribution in [3.8, 4) is 34.5 Å². The topological polar surface area (TPSA) is 105 Å². The number of rotatable bonds is 8. The molecule has 31 heavy (non-hydrogen) atoms. The summed E-state index contributed by atoms with van der Waals surface area (Å²) in [4.78, 5) is 26.8. The van der Waals surface area contributed by atoms with Crippen molar-refractivity contribution < 1.29 is 38.0 Å². The molecule has 1 unspecified atom stereocenters. The number of urea groups is 1. The molecule has 3 amide bonds. The normalized spacial score (nSPS) is 15.4. The van der Waals surface area contributed by atoms with Crippen LogP contribution in [0, 0.1) is 0 Å². The van der Waals surface area contributed by atoms with Crippen LogP contribution in [0.2, 0.25) is 0 Å². The highest BCUT2D eigenvalue weighted by molar-refractivity contribution is 6.14. The minimum atomic E-state index is -0.996. The van der Waals surface area contributed by atoms with Crippen LogP contribution in [0.5, 0.6) is 34.5 Å². The summed E-state index contributed by atoms with van der Waals surface area (Å²) in [7, 11) is 8.83. The van der Waals surface area contributed by atoms with Crippen molar-refractivity contribution in [2.45, 2.75) is 6.04 Å². The Morgan fingerprint density at radius 3 is 1.48 bits per heavy atom. The Bertz CT molecular complexity index is 877. The van der Waals surface area contributed by atoms with Gasteiger partial charge in [-0.25, -0.2) is 4.79 Å². The van der Waals surface area contributed by atoms with E-state index in [2.05, 4.69) is 5.32 Å². The predicted molar refractivity (Wildman–Crippen MR) is 111 cm³/mol. The van der Waals surface area contributed by atoms with E-state index in [-0.39, 0.29) is 0 Å². The summed E-state index contributed by atoms with van der Waals surface area (Å²) >= 11 is 0. The van der Waals surface area contributed by atoms with Crippen molar-refractivity contribution in [3.05, 3.63) is 29.8 Å². The van der Waals surface area contributed by atoms with Crippen molar-refractivity contribution in [2.24, 2.45) is 0 Å². The molecule has 166 valence electrons. The van der Waals surface area contributed by atoms with Crippen LogP contribution in [-0.2, 0) is 4.79 Å². The highest BCUT2D eigenvalue weighted by atomic mass is 16.5. The highest BCUT2D eigenvalue weighted by Gasteiger charge is 2.42. The Kier molecular flexibility index (Phi) is 6.28. The minimum Gasteiger partial charge on any atom is -0.493 e. The highest BCUT2D eigenvalue weighted by Crippen LogP contribution is 2.45. The van der Waals surface area contributed by atoms with Crippen molar-refractivity contribution in [1.82, 2.24) is 5.32 Å². The molecule has 1 heterocycles. The third-order valence-corrected chi connectivity index (χ3v) is 4.89. The molecule has 1 saturated heterocycles. The number of methoxy groups -OCH3 is 6. The molecule has 0 bridgehead atoms. The van der Waals surface area contributed by atoms with Gasteiger partial charge in [0.1, 0.15) is 6.04 Å². The van der Waals surface area contributed by atoms with Gasteiger partial charge in [0.25, 0.3) is 5.91 Å². The predicted octanol–water partition coefficient (Wildman–Crippen LogP) is 2.54. The third kappa shape index (κ3) is 3.72. The van der Waals surface area contributed by atoms with Crippen molar-refractivity contribution in [2.75, 3.05) is 47.6 Å². The fourth-order valence-corrected chi connectivity index (χ4v) is 3.50. The maximum Gasteiger partial charge on any atom is 0.329 e. The second-order valence-corrected chi connectivity index (χ2v) is 6.41. The zero-order chi connectivity index (χ0) is 22.7. The number of amides is 3. The molecule has 0 spiro atoms. The van der Waals surface area contributed by atoms with Crippen LogP contribution in [0.3, 0.4) is 0 Å². The van der Waals surface area contributed by atoms with Gasteiger partial charge in [0, 0.05) is 12.1 Å². The summed E-state index contributed by atoms with van der Waals surface area (Å²) in [5, 5.41) is 2.34. The maximum absolute atomic E-state index is 12.8. The molecule has 0 aliphatic carbocycles. The van der Waals surface area contributed by atoms with Gasteiger partial charge in [-0.1, -0.05) is 0 Å². The number of imide groups is 1. The van der Waals surface area contributed by atoms with Crippen LogP contribution < -0.4 is 38.6 Å². The second kappa shape index (κ2) is 8.90. The molecule has 1 fully saturated rings. The number of anilines is 1. The lowest BCUT2D eigenvalue weighted by Gasteiger charge is -2.25. The van der Waals surface area contributed by atoms with E-state index < -0.39 is 18.0 Å². The summed E-state index contributed by atoms with van der Waals surface area (Å²) in [5.41, 5.74) is 0.836. The zero-order valence-corrected chi connectivity index (χ0v) is 18.1. The number of carbonyl (C=O) groups is 2. The van der Waals surface area contributed by atoms with Gasteiger partial charge in [0.2, 0.25) is 11.5 Å². The Morgan fingerprint density at radius 2 is 1.10 bits per heavy atom. The first-order valence-corrected chi connectivity index (χ1v) is 9.17. The van der Waals surface area contributed by atoms with Crippen LogP contribution in [0.15, 0.2) is 24.3 Å². The van der Waals surface area contributed by atoms with Gasteiger partial charge < -0.3 is 28.4 Å². The lowest BCUT2D eigenvalue weighted by Crippen LogP contribution is -2.29. The standard InChI is InChI=1S/C21H24N2O8/c1-26-13-7-11(8-14(27-2)18(13)30-5)17-20(24)22-21(25)23(17)12-9-15(28-3)19(31-6)16(10-12)29-4/h7-10,17H,1-6H3,(H,22,24,25). The zero-order valence-electron chi connectivity index (χ0n) is 18.1. The molecule has 1 aliphatic heterocycles. The van der Waals surface area contributed by atoms with Crippen LogP contribution in [0.25, 0.3) is 0 Å². The fourth-order valence-electron chi connectivity index (χ4n) is 3.50. The molecule has 2 aromatic rings. The second-order valence-electron chi connectivity index (χ2n) is 6.41. The van der Waals surface area contributed by atoms with Crippen molar-refractivity contribution in [3.63, 3.8) is 0 Å².